The minimum Gasteiger partial charge on any atom is -0.451 e. The van der Waals surface area contributed by atoms with Crippen molar-refractivity contribution in [1.82, 2.24) is 15.0 Å². The minimum atomic E-state index is -0.720. The lowest BCUT2D eigenvalue weighted by Crippen LogP contribution is -2.38. The maximum atomic E-state index is 12.6. The summed E-state index contributed by atoms with van der Waals surface area (Å²) >= 11 is 1.20. The van der Waals surface area contributed by atoms with Crippen LogP contribution in [-0.4, -0.2) is 44.9 Å². The van der Waals surface area contributed by atoms with Gasteiger partial charge in [-0.1, -0.05) is 0 Å². The molecule has 30 heavy (non-hydrogen) atoms. The van der Waals surface area contributed by atoms with Crippen molar-refractivity contribution in [1.29, 1.82) is 0 Å². The molecule has 0 bridgehead atoms. The van der Waals surface area contributed by atoms with Gasteiger partial charge in [0, 0.05) is 42.1 Å². The van der Waals surface area contributed by atoms with Crippen LogP contribution in [0.5, 0.6) is 0 Å². The lowest BCUT2D eigenvalue weighted by Gasteiger charge is -2.29. The van der Waals surface area contributed by atoms with E-state index in [1.807, 2.05) is 0 Å². The normalized spacial score (nSPS) is 12.9. The molecular weight excluding hydrogens is 410 g/mol. The first-order chi connectivity index (χ1) is 14.5. The number of nitrogens with zero attached hydrogens (tertiary/aromatic N) is 5. The van der Waals surface area contributed by atoms with Crippen LogP contribution in [0, 0.1) is 10.1 Å². The van der Waals surface area contributed by atoms with Crippen LogP contribution in [0.2, 0.25) is 0 Å². The molecule has 4 rings (SSSR count). The number of aryl methyl sites for hydroxylation is 1. The first-order valence-electron chi connectivity index (χ1n) is 9.00. The number of hydrogen-bond acceptors (Lipinski definition) is 9. The molecule has 0 radical (unpaired) electrons. The summed E-state index contributed by atoms with van der Waals surface area (Å²) in [4.78, 5) is 49.2. The van der Waals surface area contributed by atoms with Crippen molar-refractivity contribution in [3.05, 3.63) is 63.4 Å². The number of carbonyl (C=O) groups is 2. The van der Waals surface area contributed by atoms with E-state index < -0.39 is 23.4 Å². The lowest BCUT2D eigenvalue weighted by molar-refractivity contribution is -0.384. The number of anilines is 1. The zero-order valence-electron chi connectivity index (χ0n) is 15.6. The van der Waals surface area contributed by atoms with Crippen LogP contribution in [0.1, 0.15) is 22.5 Å². The van der Waals surface area contributed by atoms with Gasteiger partial charge in [0.25, 0.3) is 11.6 Å². The number of aromatic nitrogens is 3. The standard InChI is InChI=1S/C19H15N5O5S/c25-16(23-8-1-3-12-9-13(24(27)28)4-5-15(12)23)10-29-19(26)14-11-30-18(22-14)17-20-6-2-7-21-17/h2,4-7,9,11H,1,3,8,10H2. The maximum Gasteiger partial charge on any atom is 0.358 e. The summed E-state index contributed by atoms with van der Waals surface area (Å²) in [5, 5.41) is 13.0. The number of nitro benzene ring substituents is 1. The average Bonchev–Trinajstić information content (AvgIpc) is 3.27. The van der Waals surface area contributed by atoms with Crippen molar-refractivity contribution in [3.63, 3.8) is 0 Å². The molecule has 0 fully saturated rings. The van der Waals surface area contributed by atoms with Gasteiger partial charge in [0.15, 0.2) is 23.1 Å². The summed E-state index contributed by atoms with van der Waals surface area (Å²) in [7, 11) is 0. The highest BCUT2D eigenvalue weighted by molar-refractivity contribution is 7.13. The van der Waals surface area contributed by atoms with Gasteiger partial charge in [0.2, 0.25) is 0 Å². The second kappa shape index (κ2) is 8.33. The predicted octanol–water partition coefficient (Wildman–Crippen LogP) is 2.64. The molecule has 1 aliphatic heterocycles. The summed E-state index contributed by atoms with van der Waals surface area (Å²) < 4.78 is 5.13. The molecule has 3 aromatic rings. The van der Waals surface area contributed by atoms with Gasteiger partial charge in [-0.25, -0.2) is 19.7 Å². The summed E-state index contributed by atoms with van der Waals surface area (Å²) in [5.41, 5.74) is 1.38. The van der Waals surface area contributed by atoms with Crippen LogP contribution < -0.4 is 4.90 Å². The van der Waals surface area contributed by atoms with E-state index in [1.165, 1.54) is 33.7 Å². The molecule has 1 amide bonds. The quantitative estimate of drug-likeness (QED) is 0.347. The van der Waals surface area contributed by atoms with Crippen molar-refractivity contribution in [2.24, 2.45) is 0 Å². The van der Waals surface area contributed by atoms with Gasteiger partial charge in [-0.3, -0.25) is 14.9 Å². The molecule has 0 N–H and O–H groups in total. The number of nitro groups is 1. The van der Waals surface area contributed by atoms with E-state index in [0.717, 1.165) is 5.56 Å². The van der Waals surface area contributed by atoms with Gasteiger partial charge in [-0.05, 0) is 30.5 Å². The van der Waals surface area contributed by atoms with Crippen LogP contribution in [0.25, 0.3) is 10.8 Å². The molecule has 0 aliphatic carbocycles. The third kappa shape index (κ3) is 4.01. The molecule has 0 spiro atoms. The number of fused-ring (bicyclic) bond motifs is 1. The smallest absolute Gasteiger partial charge is 0.358 e. The van der Waals surface area contributed by atoms with E-state index in [2.05, 4.69) is 15.0 Å². The van der Waals surface area contributed by atoms with Gasteiger partial charge in [-0.2, -0.15) is 0 Å². The van der Waals surface area contributed by atoms with E-state index in [4.69, 9.17) is 4.74 Å². The Balaban J connectivity index is 1.41. The molecule has 3 heterocycles. The van der Waals surface area contributed by atoms with Crippen molar-refractivity contribution in [3.8, 4) is 10.8 Å². The molecule has 1 aliphatic rings. The van der Waals surface area contributed by atoms with Crippen LogP contribution in [-0.2, 0) is 16.0 Å². The Labute approximate surface area is 174 Å². The summed E-state index contributed by atoms with van der Waals surface area (Å²) in [6.45, 7) is -0.00263. The van der Waals surface area contributed by atoms with E-state index >= 15 is 0 Å². The minimum absolute atomic E-state index is 0.0174. The van der Waals surface area contributed by atoms with Crippen LogP contribution >= 0.6 is 11.3 Å². The first kappa shape index (κ1) is 19.6. The highest BCUT2D eigenvalue weighted by Gasteiger charge is 2.25. The van der Waals surface area contributed by atoms with E-state index in [-0.39, 0.29) is 11.4 Å². The number of carbonyl (C=O) groups excluding carboxylic acids is 2. The summed E-state index contributed by atoms with van der Waals surface area (Å²) in [6.07, 6.45) is 4.46. The maximum absolute atomic E-state index is 12.6. The second-order valence-electron chi connectivity index (χ2n) is 6.41. The Morgan fingerprint density at radius 3 is 2.83 bits per heavy atom. The molecule has 152 valence electrons. The number of non-ortho nitro benzene ring substituents is 1. The fraction of sp³-hybridized carbons (Fsp3) is 0.211. The van der Waals surface area contributed by atoms with Gasteiger partial charge in [0.1, 0.15) is 0 Å². The Bertz CT molecular complexity index is 1120. The van der Waals surface area contributed by atoms with Gasteiger partial charge in [-0.15, -0.1) is 11.3 Å². The molecule has 11 heteroatoms. The largest absolute Gasteiger partial charge is 0.451 e. The average molecular weight is 425 g/mol. The molecule has 1 aromatic carbocycles. The first-order valence-corrected chi connectivity index (χ1v) is 9.88. The molecule has 0 saturated carbocycles. The number of amides is 1. The third-order valence-electron chi connectivity index (χ3n) is 4.49. The van der Waals surface area contributed by atoms with Gasteiger partial charge >= 0.3 is 5.97 Å². The molecule has 10 nitrogen and oxygen atoms in total. The summed E-state index contributed by atoms with van der Waals surface area (Å²) in [6, 6.07) is 6.07. The number of thiazole rings is 1. The second-order valence-corrected chi connectivity index (χ2v) is 7.26. The lowest BCUT2D eigenvalue weighted by atomic mass is 10.0. The van der Waals surface area contributed by atoms with E-state index in [0.29, 0.717) is 35.9 Å². The molecule has 0 atom stereocenters. The Kier molecular flexibility index (Phi) is 5.44. The molecule has 0 unspecified atom stereocenters. The third-order valence-corrected chi connectivity index (χ3v) is 5.33. The van der Waals surface area contributed by atoms with Crippen molar-refractivity contribution >= 4 is 34.6 Å². The van der Waals surface area contributed by atoms with E-state index in [1.54, 1.807) is 24.5 Å². The van der Waals surface area contributed by atoms with Crippen molar-refractivity contribution in [2.45, 2.75) is 12.8 Å². The number of benzene rings is 1. The summed E-state index contributed by atoms with van der Waals surface area (Å²) in [5.74, 6) is -0.723. The molecule has 0 saturated heterocycles. The van der Waals surface area contributed by atoms with Gasteiger partial charge < -0.3 is 9.64 Å². The van der Waals surface area contributed by atoms with Gasteiger partial charge in [0.05, 0.1) is 4.92 Å². The highest BCUT2D eigenvalue weighted by atomic mass is 32.1. The topological polar surface area (TPSA) is 128 Å². The Morgan fingerprint density at radius 1 is 1.27 bits per heavy atom. The highest BCUT2D eigenvalue weighted by Crippen LogP contribution is 2.30. The Morgan fingerprint density at radius 2 is 2.07 bits per heavy atom. The Hall–Kier alpha value is -3.73. The number of esters is 1. The number of rotatable bonds is 5. The zero-order valence-corrected chi connectivity index (χ0v) is 16.4. The molecular formula is C19H15N5O5S. The fourth-order valence-corrected chi connectivity index (χ4v) is 3.85. The van der Waals surface area contributed by atoms with Crippen LogP contribution in [0.3, 0.4) is 0 Å². The fourth-order valence-electron chi connectivity index (χ4n) is 3.12. The van der Waals surface area contributed by atoms with Crippen molar-refractivity contribution < 1.29 is 19.2 Å². The van der Waals surface area contributed by atoms with Crippen LogP contribution in [0.15, 0.2) is 42.0 Å². The number of ether oxygens (including phenoxy) is 1. The van der Waals surface area contributed by atoms with Crippen molar-refractivity contribution in [2.75, 3.05) is 18.1 Å². The van der Waals surface area contributed by atoms with Crippen LogP contribution in [0.4, 0.5) is 11.4 Å². The zero-order chi connectivity index (χ0) is 21.1. The van der Waals surface area contributed by atoms with E-state index in [9.17, 15) is 19.7 Å². The monoisotopic (exact) mass is 425 g/mol. The SMILES string of the molecule is O=C(OCC(=O)N1CCCc2cc([N+](=O)[O-])ccc21)c1csc(-c2ncccn2)n1. The predicted molar refractivity (Wildman–Crippen MR) is 107 cm³/mol. The molecule has 2 aromatic heterocycles. The number of hydrogen-bond donors (Lipinski definition) is 0.